The molecule has 1 aromatic carbocycles. The monoisotopic (exact) mass is 376 g/mol. The molecule has 1 aromatic rings. The predicted molar refractivity (Wildman–Crippen MR) is 104 cm³/mol. The van der Waals surface area contributed by atoms with Crippen LogP contribution in [0.25, 0.3) is 6.08 Å². The second-order valence-electron chi connectivity index (χ2n) is 6.38. The van der Waals surface area contributed by atoms with Crippen LogP contribution >= 0.6 is 12.2 Å². The number of amides is 1. The van der Waals surface area contributed by atoms with E-state index in [0.29, 0.717) is 33.6 Å². The average Bonchev–Trinajstić information content (AvgIpc) is 2.95. The van der Waals surface area contributed by atoms with Gasteiger partial charge in [-0.15, -0.1) is 0 Å². The van der Waals surface area contributed by atoms with Crippen LogP contribution in [0.4, 0.5) is 0 Å². The Morgan fingerprint density at radius 2 is 1.77 bits per heavy atom. The summed E-state index contributed by atoms with van der Waals surface area (Å²) < 4.78 is 16.2. The molecule has 1 saturated heterocycles. The van der Waals surface area contributed by atoms with Gasteiger partial charge in [-0.05, 0) is 43.3 Å². The fourth-order valence-electron chi connectivity index (χ4n) is 3.61. The van der Waals surface area contributed by atoms with Gasteiger partial charge in [0.15, 0.2) is 16.6 Å². The zero-order chi connectivity index (χ0) is 18.7. The molecule has 1 heterocycles. The third kappa shape index (κ3) is 3.35. The molecule has 0 unspecified atom stereocenters. The van der Waals surface area contributed by atoms with Crippen LogP contribution in [0.15, 0.2) is 17.8 Å². The Bertz CT molecular complexity index is 741. The Morgan fingerprint density at radius 1 is 1.08 bits per heavy atom. The molecular weight excluding hydrogens is 352 g/mol. The number of nitrogens with one attached hydrogen (secondary N) is 1. The van der Waals surface area contributed by atoms with Crippen LogP contribution in [0, 0.1) is 0 Å². The molecule has 1 aliphatic carbocycles. The van der Waals surface area contributed by atoms with Gasteiger partial charge in [0.05, 0.1) is 21.3 Å². The van der Waals surface area contributed by atoms with Crippen LogP contribution in [0.5, 0.6) is 17.2 Å². The van der Waals surface area contributed by atoms with Gasteiger partial charge in [-0.3, -0.25) is 9.69 Å². The standard InChI is InChI=1S/C19H24N2O4S/c1-23-15-10-9-12(16(24-2)17(15)25-3)11-14-18(22)21(19(26)20-14)13-7-5-4-6-8-13/h9-11,13H,4-8H2,1-3H3,(H,20,26)/b14-11+. The summed E-state index contributed by atoms with van der Waals surface area (Å²) in [5, 5.41) is 3.54. The topological polar surface area (TPSA) is 60.0 Å². The highest BCUT2D eigenvalue weighted by atomic mass is 32.1. The van der Waals surface area contributed by atoms with Crippen LogP contribution in [0.1, 0.15) is 37.7 Å². The molecule has 2 aliphatic rings. The highest BCUT2D eigenvalue weighted by Gasteiger charge is 2.36. The smallest absolute Gasteiger partial charge is 0.276 e. The van der Waals surface area contributed by atoms with Gasteiger partial charge in [0.1, 0.15) is 5.70 Å². The number of hydrogen-bond donors (Lipinski definition) is 1. The van der Waals surface area contributed by atoms with Gasteiger partial charge in [0.25, 0.3) is 5.91 Å². The van der Waals surface area contributed by atoms with Crippen molar-refractivity contribution in [3.8, 4) is 17.2 Å². The molecule has 7 heteroatoms. The summed E-state index contributed by atoms with van der Waals surface area (Å²) in [6.07, 6.45) is 7.25. The molecule has 6 nitrogen and oxygen atoms in total. The molecule has 26 heavy (non-hydrogen) atoms. The van der Waals surface area contributed by atoms with Crippen LogP contribution in [0.3, 0.4) is 0 Å². The summed E-state index contributed by atoms with van der Waals surface area (Å²) in [5.41, 5.74) is 1.17. The molecule has 1 N–H and O–H groups in total. The fourth-order valence-corrected chi connectivity index (χ4v) is 3.96. The first-order valence-corrected chi connectivity index (χ1v) is 9.16. The van der Waals surface area contributed by atoms with E-state index in [9.17, 15) is 4.79 Å². The maximum Gasteiger partial charge on any atom is 0.276 e. The number of nitrogens with zero attached hydrogens (tertiary/aromatic N) is 1. The number of rotatable bonds is 5. The Kier molecular flexibility index (Phi) is 5.66. The Hall–Kier alpha value is -2.28. The number of hydrogen-bond acceptors (Lipinski definition) is 5. The molecule has 3 rings (SSSR count). The molecular formula is C19H24N2O4S. The van der Waals surface area contributed by atoms with Crippen molar-refractivity contribution < 1.29 is 19.0 Å². The van der Waals surface area contributed by atoms with Crippen molar-refractivity contribution in [2.24, 2.45) is 0 Å². The highest BCUT2D eigenvalue weighted by Crippen LogP contribution is 2.40. The number of carbonyl (C=O) groups excluding carboxylic acids is 1. The van der Waals surface area contributed by atoms with Crippen LogP contribution < -0.4 is 19.5 Å². The molecule has 1 aliphatic heterocycles. The number of thiocarbonyl (C=S) groups is 1. The van der Waals surface area contributed by atoms with Gasteiger partial charge in [-0.1, -0.05) is 19.3 Å². The maximum absolute atomic E-state index is 12.9. The van der Waals surface area contributed by atoms with E-state index in [4.69, 9.17) is 26.4 Å². The lowest BCUT2D eigenvalue weighted by molar-refractivity contribution is -0.124. The van der Waals surface area contributed by atoms with Crippen LogP contribution in [-0.2, 0) is 4.79 Å². The van der Waals surface area contributed by atoms with Crippen molar-refractivity contribution in [3.63, 3.8) is 0 Å². The van der Waals surface area contributed by atoms with Gasteiger partial charge in [0.2, 0.25) is 5.75 Å². The second-order valence-corrected chi connectivity index (χ2v) is 6.77. The zero-order valence-corrected chi connectivity index (χ0v) is 16.1. The summed E-state index contributed by atoms with van der Waals surface area (Å²) in [4.78, 5) is 14.6. The van der Waals surface area contributed by atoms with E-state index in [1.54, 1.807) is 38.4 Å². The first kappa shape index (κ1) is 18.5. The van der Waals surface area contributed by atoms with Crippen molar-refractivity contribution in [2.75, 3.05) is 21.3 Å². The lowest BCUT2D eigenvalue weighted by Crippen LogP contribution is -2.41. The minimum atomic E-state index is -0.0845. The first-order valence-electron chi connectivity index (χ1n) is 8.76. The molecule has 0 atom stereocenters. The molecule has 0 radical (unpaired) electrons. The summed E-state index contributed by atoms with van der Waals surface area (Å²) in [7, 11) is 4.68. The number of carbonyl (C=O) groups is 1. The van der Waals surface area contributed by atoms with Gasteiger partial charge in [-0.2, -0.15) is 0 Å². The third-order valence-electron chi connectivity index (χ3n) is 4.88. The van der Waals surface area contributed by atoms with Crippen LogP contribution in [0.2, 0.25) is 0 Å². The second kappa shape index (κ2) is 7.95. The van der Waals surface area contributed by atoms with Gasteiger partial charge in [0, 0.05) is 11.6 Å². The lowest BCUT2D eigenvalue weighted by Gasteiger charge is -2.29. The average molecular weight is 376 g/mol. The molecule has 1 saturated carbocycles. The van der Waals surface area contributed by atoms with E-state index in [2.05, 4.69) is 5.32 Å². The van der Waals surface area contributed by atoms with E-state index in [1.807, 2.05) is 6.07 Å². The van der Waals surface area contributed by atoms with Crippen molar-refractivity contribution in [3.05, 3.63) is 23.4 Å². The van der Waals surface area contributed by atoms with Gasteiger partial charge < -0.3 is 19.5 Å². The quantitative estimate of drug-likeness (QED) is 0.629. The third-order valence-corrected chi connectivity index (χ3v) is 5.18. The van der Waals surface area contributed by atoms with E-state index in [1.165, 1.54) is 6.42 Å². The predicted octanol–water partition coefficient (Wildman–Crippen LogP) is 3.10. The lowest BCUT2D eigenvalue weighted by atomic mass is 9.94. The van der Waals surface area contributed by atoms with Crippen molar-refractivity contribution in [1.29, 1.82) is 0 Å². The largest absolute Gasteiger partial charge is 0.493 e. The SMILES string of the molecule is COc1ccc(/C=C2/NC(=S)N(C3CCCCC3)C2=O)c(OC)c1OC. The normalized spacial score (nSPS) is 19.7. The Morgan fingerprint density at radius 3 is 2.38 bits per heavy atom. The molecule has 2 fully saturated rings. The molecule has 0 aromatic heterocycles. The summed E-state index contributed by atoms with van der Waals surface area (Å²) in [5.74, 6) is 1.48. The van der Waals surface area contributed by atoms with E-state index < -0.39 is 0 Å². The van der Waals surface area contributed by atoms with Gasteiger partial charge in [-0.25, -0.2) is 0 Å². The first-order chi connectivity index (χ1) is 12.6. The zero-order valence-electron chi connectivity index (χ0n) is 15.3. The fraction of sp³-hybridized carbons (Fsp3) is 0.474. The Labute approximate surface area is 159 Å². The minimum absolute atomic E-state index is 0.0845. The molecule has 140 valence electrons. The minimum Gasteiger partial charge on any atom is -0.493 e. The van der Waals surface area contributed by atoms with Crippen molar-refractivity contribution >= 4 is 29.3 Å². The van der Waals surface area contributed by atoms with E-state index in [-0.39, 0.29) is 11.9 Å². The molecule has 0 bridgehead atoms. The Balaban J connectivity index is 1.93. The highest BCUT2D eigenvalue weighted by molar-refractivity contribution is 7.80. The summed E-state index contributed by atoms with van der Waals surface area (Å²) >= 11 is 5.42. The van der Waals surface area contributed by atoms with E-state index in [0.717, 1.165) is 25.7 Å². The summed E-state index contributed by atoms with van der Waals surface area (Å²) in [6, 6.07) is 3.80. The van der Waals surface area contributed by atoms with E-state index >= 15 is 0 Å². The summed E-state index contributed by atoms with van der Waals surface area (Å²) in [6.45, 7) is 0. The van der Waals surface area contributed by atoms with Gasteiger partial charge >= 0.3 is 0 Å². The van der Waals surface area contributed by atoms with Crippen molar-refractivity contribution in [1.82, 2.24) is 10.2 Å². The van der Waals surface area contributed by atoms with Crippen LogP contribution in [-0.4, -0.2) is 43.3 Å². The maximum atomic E-state index is 12.9. The van der Waals surface area contributed by atoms with Crippen molar-refractivity contribution in [2.45, 2.75) is 38.1 Å². The number of benzene rings is 1. The number of ether oxygens (including phenoxy) is 3. The number of methoxy groups -OCH3 is 3. The molecule has 0 spiro atoms. The molecule has 1 amide bonds.